The van der Waals surface area contributed by atoms with Gasteiger partial charge in [0.2, 0.25) is 5.13 Å². The van der Waals surface area contributed by atoms with E-state index in [-0.39, 0.29) is 16.7 Å². The SMILES string of the molecule is O=C(Nc1ccc(C(=O)Nc2nnc(-c3ccc([N+](=O)[O-])cc3)s2)cc1)c1cccc(Cl)c1. The number of hydrogen-bond donors (Lipinski definition) is 2. The highest BCUT2D eigenvalue weighted by Gasteiger charge is 2.13. The molecule has 0 fully saturated rings. The molecule has 2 N–H and O–H groups in total. The Hall–Kier alpha value is -4.15. The first-order valence-corrected chi connectivity index (χ1v) is 10.7. The van der Waals surface area contributed by atoms with Crippen LogP contribution in [0.25, 0.3) is 10.6 Å². The number of aromatic nitrogens is 2. The van der Waals surface area contributed by atoms with Gasteiger partial charge in [0.1, 0.15) is 5.01 Å². The first kappa shape index (κ1) is 22.1. The summed E-state index contributed by atoms with van der Waals surface area (Å²) in [6, 6.07) is 18.8. The lowest BCUT2D eigenvalue weighted by molar-refractivity contribution is -0.384. The Morgan fingerprint density at radius 2 is 1.58 bits per heavy atom. The summed E-state index contributed by atoms with van der Waals surface area (Å²) >= 11 is 7.05. The standard InChI is InChI=1S/C22H14ClN5O4S/c23-16-3-1-2-15(12-16)20(30)24-17-8-4-13(5-9-17)19(29)25-22-27-26-21(33-22)14-6-10-18(11-7-14)28(31)32/h1-12H,(H,24,30)(H,25,27,29). The molecule has 0 aliphatic carbocycles. The van der Waals surface area contributed by atoms with Crippen LogP contribution in [0.3, 0.4) is 0 Å². The maximum atomic E-state index is 12.5. The molecule has 164 valence electrons. The highest BCUT2D eigenvalue weighted by molar-refractivity contribution is 7.18. The molecule has 0 spiro atoms. The summed E-state index contributed by atoms with van der Waals surface area (Å²) in [7, 11) is 0. The Kier molecular flexibility index (Phi) is 6.38. The molecule has 2 amide bonds. The average molecular weight is 480 g/mol. The van der Waals surface area contributed by atoms with Crippen LogP contribution in [0.15, 0.2) is 72.8 Å². The summed E-state index contributed by atoms with van der Waals surface area (Å²) in [4.78, 5) is 35.1. The first-order chi connectivity index (χ1) is 15.9. The predicted molar refractivity (Wildman–Crippen MR) is 126 cm³/mol. The van der Waals surface area contributed by atoms with Gasteiger partial charge in [0.05, 0.1) is 4.92 Å². The summed E-state index contributed by atoms with van der Waals surface area (Å²) in [5.74, 6) is -0.712. The van der Waals surface area contributed by atoms with Crippen molar-refractivity contribution >= 4 is 51.3 Å². The molecule has 0 aliphatic rings. The van der Waals surface area contributed by atoms with E-state index in [9.17, 15) is 19.7 Å². The van der Waals surface area contributed by atoms with Crippen molar-refractivity contribution < 1.29 is 14.5 Å². The number of carbonyl (C=O) groups excluding carboxylic acids is 2. The molecule has 11 heteroatoms. The van der Waals surface area contributed by atoms with Gasteiger partial charge in [0.15, 0.2) is 0 Å². The number of amides is 2. The fraction of sp³-hybridized carbons (Fsp3) is 0. The zero-order chi connectivity index (χ0) is 23.4. The van der Waals surface area contributed by atoms with Crippen molar-refractivity contribution in [1.82, 2.24) is 10.2 Å². The number of nitro groups is 1. The first-order valence-electron chi connectivity index (χ1n) is 9.46. The van der Waals surface area contributed by atoms with Crippen LogP contribution in [0.2, 0.25) is 5.02 Å². The predicted octanol–water partition coefficient (Wildman–Crippen LogP) is 5.27. The zero-order valence-electron chi connectivity index (χ0n) is 16.7. The molecular formula is C22H14ClN5O4S. The van der Waals surface area contributed by atoms with Crippen molar-refractivity contribution in [2.24, 2.45) is 0 Å². The monoisotopic (exact) mass is 479 g/mol. The van der Waals surface area contributed by atoms with Gasteiger partial charge in [-0.05, 0) is 54.6 Å². The Balaban J connectivity index is 1.39. The van der Waals surface area contributed by atoms with E-state index in [1.54, 1.807) is 60.7 Å². The van der Waals surface area contributed by atoms with E-state index in [0.717, 1.165) is 11.3 Å². The number of hydrogen-bond acceptors (Lipinski definition) is 7. The summed E-state index contributed by atoms with van der Waals surface area (Å²) in [6.45, 7) is 0. The number of non-ortho nitro benzene ring substituents is 1. The number of nitro benzene ring substituents is 1. The van der Waals surface area contributed by atoms with Crippen molar-refractivity contribution in [3.63, 3.8) is 0 Å². The summed E-state index contributed by atoms with van der Waals surface area (Å²) in [6.07, 6.45) is 0. The van der Waals surface area contributed by atoms with Gasteiger partial charge < -0.3 is 5.32 Å². The van der Waals surface area contributed by atoms with Crippen molar-refractivity contribution in [2.45, 2.75) is 0 Å². The van der Waals surface area contributed by atoms with Gasteiger partial charge in [0, 0.05) is 39.5 Å². The number of nitrogens with zero attached hydrogens (tertiary/aromatic N) is 3. The molecule has 0 radical (unpaired) electrons. The van der Waals surface area contributed by atoms with Crippen molar-refractivity contribution in [3.05, 3.63) is 99.1 Å². The largest absolute Gasteiger partial charge is 0.322 e. The van der Waals surface area contributed by atoms with Crippen LogP contribution in [0.4, 0.5) is 16.5 Å². The van der Waals surface area contributed by atoms with E-state index < -0.39 is 10.8 Å². The van der Waals surface area contributed by atoms with Gasteiger partial charge in [-0.2, -0.15) is 0 Å². The van der Waals surface area contributed by atoms with Crippen LogP contribution in [0.5, 0.6) is 0 Å². The number of halogens is 1. The fourth-order valence-electron chi connectivity index (χ4n) is 2.82. The van der Waals surface area contributed by atoms with E-state index >= 15 is 0 Å². The third kappa shape index (κ3) is 5.37. The molecule has 0 unspecified atom stereocenters. The van der Waals surface area contributed by atoms with Gasteiger partial charge in [-0.1, -0.05) is 29.0 Å². The van der Waals surface area contributed by atoms with E-state index in [1.807, 2.05) is 0 Å². The van der Waals surface area contributed by atoms with E-state index in [0.29, 0.717) is 32.4 Å². The molecule has 0 saturated carbocycles. The third-order valence-electron chi connectivity index (χ3n) is 4.46. The second-order valence-electron chi connectivity index (χ2n) is 6.71. The normalized spacial score (nSPS) is 10.5. The van der Waals surface area contributed by atoms with Gasteiger partial charge in [-0.25, -0.2) is 0 Å². The Morgan fingerprint density at radius 1 is 0.879 bits per heavy atom. The Morgan fingerprint density at radius 3 is 2.24 bits per heavy atom. The summed E-state index contributed by atoms with van der Waals surface area (Å²) < 4.78 is 0. The molecule has 0 saturated heterocycles. The topological polar surface area (TPSA) is 127 Å². The molecular weight excluding hydrogens is 466 g/mol. The van der Waals surface area contributed by atoms with Crippen LogP contribution < -0.4 is 10.6 Å². The van der Waals surface area contributed by atoms with Crippen LogP contribution in [0, 0.1) is 10.1 Å². The van der Waals surface area contributed by atoms with E-state index in [4.69, 9.17) is 11.6 Å². The molecule has 0 atom stereocenters. The lowest BCUT2D eigenvalue weighted by atomic mass is 10.1. The number of benzene rings is 3. The minimum atomic E-state index is -0.483. The number of nitrogens with one attached hydrogen (secondary N) is 2. The van der Waals surface area contributed by atoms with Crippen LogP contribution >= 0.6 is 22.9 Å². The molecule has 4 rings (SSSR count). The van der Waals surface area contributed by atoms with E-state index in [1.165, 1.54) is 12.1 Å². The Bertz CT molecular complexity index is 1340. The number of anilines is 2. The lowest BCUT2D eigenvalue weighted by Gasteiger charge is -2.07. The highest BCUT2D eigenvalue weighted by Crippen LogP contribution is 2.28. The summed E-state index contributed by atoms with van der Waals surface area (Å²) in [5, 5.41) is 25.4. The zero-order valence-corrected chi connectivity index (χ0v) is 18.3. The number of carbonyl (C=O) groups is 2. The van der Waals surface area contributed by atoms with Crippen molar-refractivity contribution in [1.29, 1.82) is 0 Å². The molecule has 0 aliphatic heterocycles. The van der Waals surface area contributed by atoms with Gasteiger partial charge in [0.25, 0.3) is 17.5 Å². The molecule has 1 aromatic heterocycles. The van der Waals surface area contributed by atoms with Crippen molar-refractivity contribution in [3.8, 4) is 10.6 Å². The molecule has 1 heterocycles. The average Bonchev–Trinajstić information content (AvgIpc) is 3.28. The molecule has 4 aromatic rings. The maximum Gasteiger partial charge on any atom is 0.269 e. The van der Waals surface area contributed by atoms with Crippen molar-refractivity contribution in [2.75, 3.05) is 10.6 Å². The molecule has 0 bridgehead atoms. The van der Waals surface area contributed by atoms with Crippen LogP contribution in [-0.4, -0.2) is 26.9 Å². The van der Waals surface area contributed by atoms with Crippen LogP contribution in [0.1, 0.15) is 20.7 Å². The van der Waals surface area contributed by atoms with Gasteiger partial charge >= 0.3 is 0 Å². The second kappa shape index (κ2) is 9.55. The van der Waals surface area contributed by atoms with E-state index in [2.05, 4.69) is 20.8 Å². The van der Waals surface area contributed by atoms with Crippen LogP contribution in [-0.2, 0) is 0 Å². The molecule has 9 nitrogen and oxygen atoms in total. The fourth-order valence-corrected chi connectivity index (χ4v) is 3.76. The minimum absolute atomic E-state index is 0.0241. The lowest BCUT2D eigenvalue weighted by Crippen LogP contribution is -2.13. The smallest absolute Gasteiger partial charge is 0.269 e. The third-order valence-corrected chi connectivity index (χ3v) is 5.59. The highest BCUT2D eigenvalue weighted by atomic mass is 35.5. The molecule has 33 heavy (non-hydrogen) atoms. The molecule has 3 aromatic carbocycles. The quantitative estimate of drug-likeness (QED) is 0.286. The van der Waals surface area contributed by atoms with Gasteiger partial charge in [-0.15, -0.1) is 10.2 Å². The Labute approximate surface area is 196 Å². The second-order valence-corrected chi connectivity index (χ2v) is 8.13. The number of rotatable bonds is 6. The minimum Gasteiger partial charge on any atom is -0.322 e. The summed E-state index contributed by atoms with van der Waals surface area (Å²) in [5.41, 5.74) is 1.93. The maximum absolute atomic E-state index is 12.5. The van der Waals surface area contributed by atoms with Gasteiger partial charge in [-0.3, -0.25) is 25.0 Å².